The predicted molar refractivity (Wildman–Crippen MR) is 237 cm³/mol. The van der Waals surface area contributed by atoms with Gasteiger partial charge >= 0.3 is 0 Å². The molecule has 0 aromatic heterocycles. The minimum Gasteiger partial charge on any atom is -0.491 e. The Balaban J connectivity index is 1.00. The summed E-state index contributed by atoms with van der Waals surface area (Å²) in [5.41, 5.74) is 5.92. The summed E-state index contributed by atoms with van der Waals surface area (Å²) in [6, 6.07) is 22.6. The molecule has 0 saturated carbocycles. The highest BCUT2D eigenvalue weighted by Gasteiger charge is 2.06. The molecule has 14 nitrogen and oxygen atoms in total. The summed E-state index contributed by atoms with van der Waals surface area (Å²) in [4.78, 5) is 0. The molecular weight excluding hydrogens is 801 g/mol. The highest BCUT2D eigenvalue weighted by molar-refractivity contribution is 5.40. The van der Waals surface area contributed by atoms with Crippen LogP contribution < -0.4 is 9.47 Å². The van der Waals surface area contributed by atoms with Crippen LogP contribution >= 0.6 is 0 Å². The normalized spacial score (nSPS) is 11.4. The lowest BCUT2D eigenvalue weighted by Crippen LogP contribution is -2.15. The van der Waals surface area contributed by atoms with Gasteiger partial charge in [0.2, 0.25) is 0 Å². The molecule has 0 radical (unpaired) electrons. The van der Waals surface area contributed by atoms with Gasteiger partial charge in [-0.25, -0.2) is 0 Å². The van der Waals surface area contributed by atoms with Gasteiger partial charge in [0.25, 0.3) is 0 Å². The molecular formula is C48H74O14. The maximum Gasteiger partial charge on any atom is 0.126 e. The highest BCUT2D eigenvalue weighted by atomic mass is 16.6. The van der Waals surface area contributed by atoms with Gasteiger partial charge in [-0.05, 0) is 43.0 Å². The first-order valence-electron chi connectivity index (χ1n) is 22.1. The molecule has 62 heavy (non-hydrogen) atoms. The summed E-state index contributed by atoms with van der Waals surface area (Å²) in [6.07, 6.45) is 0.850. The second kappa shape index (κ2) is 38.3. The number of aryl methyl sites for hydroxylation is 3. The van der Waals surface area contributed by atoms with E-state index in [1.54, 1.807) is 0 Å². The van der Waals surface area contributed by atoms with E-state index in [4.69, 9.17) is 66.3 Å². The second-order valence-electron chi connectivity index (χ2n) is 14.0. The van der Waals surface area contributed by atoms with Crippen LogP contribution in [0.25, 0.3) is 0 Å². The molecule has 0 aliphatic carbocycles. The maximum absolute atomic E-state index is 6.01. The van der Waals surface area contributed by atoms with Gasteiger partial charge in [0.1, 0.15) is 24.7 Å². The Kier molecular flexibility index (Phi) is 32.8. The van der Waals surface area contributed by atoms with E-state index in [9.17, 15) is 0 Å². The van der Waals surface area contributed by atoms with Crippen LogP contribution in [0.3, 0.4) is 0 Å². The Hall–Kier alpha value is -3.22. The van der Waals surface area contributed by atoms with Crippen molar-refractivity contribution in [3.05, 3.63) is 94.5 Å². The van der Waals surface area contributed by atoms with Crippen molar-refractivity contribution in [1.82, 2.24) is 0 Å². The molecule has 350 valence electrons. The van der Waals surface area contributed by atoms with Crippen LogP contribution in [-0.2, 0) is 76.5 Å². The summed E-state index contributed by atoms with van der Waals surface area (Å²) in [5.74, 6) is 1.52. The average Bonchev–Trinajstić information content (AvgIpc) is 3.29. The zero-order chi connectivity index (χ0) is 43.8. The van der Waals surface area contributed by atoms with Crippen LogP contribution in [0.15, 0.2) is 66.7 Å². The van der Waals surface area contributed by atoms with Crippen molar-refractivity contribution in [2.45, 2.75) is 40.4 Å². The Labute approximate surface area is 370 Å². The third kappa shape index (κ3) is 29.2. The van der Waals surface area contributed by atoms with E-state index in [1.165, 1.54) is 11.1 Å². The number of hydrogen-bond donors (Lipinski definition) is 0. The first kappa shape index (κ1) is 53.1. The van der Waals surface area contributed by atoms with E-state index < -0.39 is 0 Å². The van der Waals surface area contributed by atoms with Gasteiger partial charge in [0.15, 0.2) is 0 Å². The largest absolute Gasteiger partial charge is 0.491 e. The minimum absolute atomic E-state index is 0.422. The van der Waals surface area contributed by atoms with Gasteiger partial charge in [0, 0.05) is 6.07 Å². The van der Waals surface area contributed by atoms with Crippen LogP contribution in [0, 0.1) is 13.8 Å². The van der Waals surface area contributed by atoms with Crippen molar-refractivity contribution in [2.75, 3.05) is 159 Å². The lowest BCUT2D eigenvalue weighted by molar-refractivity contribution is -0.0187. The molecule has 0 heterocycles. The van der Waals surface area contributed by atoms with Gasteiger partial charge < -0.3 is 66.3 Å². The molecule has 0 amide bonds. The topological polar surface area (TPSA) is 129 Å². The van der Waals surface area contributed by atoms with E-state index in [0.717, 1.165) is 34.6 Å². The Bertz CT molecular complexity index is 1440. The van der Waals surface area contributed by atoms with E-state index in [2.05, 4.69) is 69.3 Å². The van der Waals surface area contributed by atoms with Gasteiger partial charge in [-0.15, -0.1) is 0 Å². The molecule has 3 aromatic carbocycles. The average molecular weight is 875 g/mol. The Morgan fingerprint density at radius 1 is 0.306 bits per heavy atom. The van der Waals surface area contributed by atoms with Crippen LogP contribution in [0.1, 0.15) is 34.7 Å². The summed E-state index contributed by atoms with van der Waals surface area (Å²) in [5, 5.41) is 0. The van der Waals surface area contributed by atoms with Crippen LogP contribution in [0.5, 0.6) is 11.5 Å². The smallest absolute Gasteiger partial charge is 0.126 e. The zero-order valence-corrected chi connectivity index (χ0v) is 37.7. The quantitative estimate of drug-likeness (QED) is 0.0597. The second-order valence-corrected chi connectivity index (χ2v) is 14.0. The predicted octanol–water partition coefficient (Wildman–Crippen LogP) is 6.22. The molecule has 0 unspecified atom stereocenters. The highest BCUT2D eigenvalue weighted by Crippen LogP contribution is 2.25. The fourth-order valence-corrected chi connectivity index (χ4v) is 5.43. The molecule has 3 aromatic rings. The fraction of sp³-hybridized carbons (Fsp3) is 0.625. The number of rotatable bonds is 43. The zero-order valence-electron chi connectivity index (χ0n) is 37.7. The van der Waals surface area contributed by atoms with Gasteiger partial charge in [-0.2, -0.15) is 0 Å². The molecule has 0 bridgehead atoms. The third-order valence-corrected chi connectivity index (χ3v) is 8.90. The lowest BCUT2D eigenvalue weighted by atomic mass is 10.1. The van der Waals surface area contributed by atoms with Crippen LogP contribution in [0.2, 0.25) is 0 Å². The molecule has 0 aliphatic rings. The standard InChI is InChI=1S/C48H74O14/c1-4-46-13-14-47(61-37-35-57-29-27-53-21-19-49-15-17-51-23-25-55-31-33-59-40-44-9-5-42(2)6-10-44)39-48(46)62-38-36-58-30-28-54-22-20-50-16-18-52-24-26-56-32-34-60-41-45-11-7-43(3)8-12-45/h5-14,39H,4,15-38,40-41H2,1-3H3. The summed E-state index contributed by atoms with van der Waals surface area (Å²) in [7, 11) is 0. The summed E-state index contributed by atoms with van der Waals surface area (Å²) >= 11 is 0. The van der Waals surface area contributed by atoms with Crippen LogP contribution in [-0.4, -0.2) is 159 Å². The first-order valence-corrected chi connectivity index (χ1v) is 22.1. The van der Waals surface area contributed by atoms with E-state index in [1.807, 2.05) is 18.2 Å². The number of benzene rings is 3. The number of hydrogen-bond acceptors (Lipinski definition) is 14. The van der Waals surface area contributed by atoms with Crippen molar-refractivity contribution < 1.29 is 66.3 Å². The summed E-state index contributed by atoms with van der Waals surface area (Å²) in [6.45, 7) is 19.4. The SMILES string of the molecule is CCc1ccc(OCCOCCOCCOCCOCCOCCOCc2ccc(C)cc2)cc1OCCOCCOCCOCCOCCOCCOCc1ccc(C)cc1. The first-order chi connectivity index (χ1) is 30.6. The maximum atomic E-state index is 6.01. The molecule has 0 N–H and O–H groups in total. The van der Waals surface area contributed by atoms with Crippen molar-refractivity contribution in [2.24, 2.45) is 0 Å². The Morgan fingerprint density at radius 2 is 0.597 bits per heavy atom. The van der Waals surface area contributed by atoms with Crippen molar-refractivity contribution in [1.29, 1.82) is 0 Å². The van der Waals surface area contributed by atoms with E-state index in [-0.39, 0.29) is 0 Å². The number of ether oxygens (including phenoxy) is 14. The molecule has 3 rings (SSSR count). The van der Waals surface area contributed by atoms with Gasteiger partial charge in [-0.3, -0.25) is 0 Å². The van der Waals surface area contributed by atoms with Crippen molar-refractivity contribution in [3.63, 3.8) is 0 Å². The monoisotopic (exact) mass is 875 g/mol. The van der Waals surface area contributed by atoms with Crippen LogP contribution in [0.4, 0.5) is 0 Å². The van der Waals surface area contributed by atoms with E-state index in [0.29, 0.717) is 172 Å². The molecule has 0 fully saturated rings. The Morgan fingerprint density at radius 3 is 0.919 bits per heavy atom. The molecule has 0 saturated heterocycles. The molecule has 0 spiro atoms. The molecule has 0 atom stereocenters. The van der Waals surface area contributed by atoms with E-state index >= 15 is 0 Å². The molecule has 0 aliphatic heterocycles. The molecule has 14 heteroatoms. The van der Waals surface area contributed by atoms with Crippen molar-refractivity contribution in [3.8, 4) is 11.5 Å². The van der Waals surface area contributed by atoms with Gasteiger partial charge in [0.05, 0.1) is 159 Å². The third-order valence-electron chi connectivity index (χ3n) is 8.90. The van der Waals surface area contributed by atoms with Gasteiger partial charge in [-0.1, -0.05) is 72.6 Å². The fourth-order valence-electron chi connectivity index (χ4n) is 5.43. The van der Waals surface area contributed by atoms with Crippen molar-refractivity contribution >= 4 is 0 Å². The minimum atomic E-state index is 0.422. The summed E-state index contributed by atoms with van der Waals surface area (Å²) < 4.78 is 78.9. The lowest BCUT2D eigenvalue weighted by Gasteiger charge is -2.14.